The molecule has 5 rings (SSSR count). The van der Waals surface area contributed by atoms with E-state index in [1.807, 2.05) is 37.4 Å². The van der Waals surface area contributed by atoms with Gasteiger partial charge in [-0.05, 0) is 74.3 Å². The van der Waals surface area contributed by atoms with Crippen molar-refractivity contribution in [3.8, 4) is 5.75 Å². The van der Waals surface area contributed by atoms with Crippen LogP contribution >= 0.6 is 0 Å². The quantitative estimate of drug-likeness (QED) is 0.684. The molecule has 4 atom stereocenters. The number of pyridine rings is 1. The number of aliphatic hydroxyl groups is 1. The summed E-state index contributed by atoms with van der Waals surface area (Å²) in [6.45, 7) is 8.65. The van der Waals surface area contributed by atoms with Gasteiger partial charge in [0.15, 0.2) is 0 Å². The van der Waals surface area contributed by atoms with Gasteiger partial charge in [-0.2, -0.15) is 0 Å². The number of benzene rings is 1. The van der Waals surface area contributed by atoms with Gasteiger partial charge in [0.05, 0.1) is 11.8 Å². The maximum atomic E-state index is 12.5. The van der Waals surface area contributed by atoms with Crippen LogP contribution in [0.5, 0.6) is 5.75 Å². The lowest BCUT2D eigenvalue weighted by Crippen LogP contribution is -2.42. The number of ether oxygens (including phenoxy) is 1. The Balaban J connectivity index is 1.28. The van der Waals surface area contributed by atoms with Crippen molar-refractivity contribution in [1.82, 2.24) is 14.3 Å². The molecule has 2 aliphatic rings. The fourth-order valence-electron chi connectivity index (χ4n) is 5.33. The SMILES string of the molecule is Cc1ccc2nc(CN3C[C@H]4C[C@@H](Oc5cccc(C)c5C)[C@H](O)C[C@H]4C3)cc(=O)n2c1. The van der Waals surface area contributed by atoms with E-state index in [9.17, 15) is 9.90 Å². The van der Waals surface area contributed by atoms with E-state index in [-0.39, 0.29) is 11.7 Å². The van der Waals surface area contributed by atoms with Crippen LogP contribution in [0.2, 0.25) is 0 Å². The third-order valence-corrected chi connectivity index (χ3v) is 7.24. The van der Waals surface area contributed by atoms with Crippen LogP contribution < -0.4 is 10.3 Å². The lowest BCUT2D eigenvalue weighted by molar-refractivity contribution is -0.0234. The second kappa shape index (κ2) is 8.34. The molecule has 32 heavy (non-hydrogen) atoms. The second-order valence-electron chi connectivity index (χ2n) is 9.63. The molecule has 0 radical (unpaired) electrons. The summed E-state index contributed by atoms with van der Waals surface area (Å²) in [5, 5.41) is 10.8. The summed E-state index contributed by atoms with van der Waals surface area (Å²) in [5.74, 6) is 1.81. The molecule has 3 aromatic rings. The summed E-state index contributed by atoms with van der Waals surface area (Å²) in [5.41, 5.74) is 4.83. The molecule has 0 bridgehead atoms. The zero-order chi connectivity index (χ0) is 22.4. The number of rotatable bonds is 4. The standard InChI is InChI=1S/C26H31N3O3/c1-16-7-8-25-27-21(11-26(31)29(25)12-16)15-28-13-19-9-22(30)24(10-20(19)14-28)32-23-6-4-5-17(2)18(23)3/h4-8,11-12,19-20,22,24,30H,9-10,13-15H2,1-3H3/t19-,20+,22+,24+/m0/s1. The Hall–Kier alpha value is -2.70. The van der Waals surface area contributed by atoms with Crippen LogP contribution in [-0.4, -0.2) is 44.7 Å². The number of aryl methyl sites for hydroxylation is 2. The summed E-state index contributed by atoms with van der Waals surface area (Å²) < 4.78 is 7.89. The zero-order valence-electron chi connectivity index (χ0n) is 19.0. The largest absolute Gasteiger partial charge is 0.487 e. The number of hydrogen-bond donors (Lipinski definition) is 1. The number of likely N-dealkylation sites (tertiary alicyclic amines) is 1. The van der Waals surface area contributed by atoms with Gasteiger partial charge in [-0.1, -0.05) is 18.2 Å². The van der Waals surface area contributed by atoms with Crippen LogP contribution in [0.3, 0.4) is 0 Å². The van der Waals surface area contributed by atoms with Crippen LogP contribution in [0.25, 0.3) is 5.65 Å². The molecule has 1 aliphatic carbocycles. The summed E-state index contributed by atoms with van der Waals surface area (Å²) in [6, 6.07) is 11.6. The fraction of sp³-hybridized carbons (Fsp3) is 0.462. The molecule has 2 fully saturated rings. The Labute approximate surface area is 188 Å². The van der Waals surface area contributed by atoms with Crippen LogP contribution in [0.15, 0.2) is 47.4 Å². The Morgan fingerprint density at radius 3 is 2.69 bits per heavy atom. The first-order chi connectivity index (χ1) is 15.4. The van der Waals surface area contributed by atoms with E-state index in [0.717, 1.165) is 48.5 Å². The third kappa shape index (κ3) is 4.05. The van der Waals surface area contributed by atoms with Crippen LogP contribution in [0.1, 0.15) is 35.2 Å². The predicted octanol–water partition coefficient (Wildman–Crippen LogP) is 3.27. The molecule has 1 saturated heterocycles. The van der Waals surface area contributed by atoms with E-state index in [0.29, 0.717) is 24.0 Å². The fourth-order valence-corrected chi connectivity index (χ4v) is 5.33. The van der Waals surface area contributed by atoms with Gasteiger partial charge in [0, 0.05) is 31.9 Å². The van der Waals surface area contributed by atoms with Gasteiger partial charge < -0.3 is 9.84 Å². The smallest absolute Gasteiger partial charge is 0.258 e. The topological polar surface area (TPSA) is 67.1 Å². The van der Waals surface area contributed by atoms with Crippen LogP contribution in [0, 0.1) is 32.6 Å². The van der Waals surface area contributed by atoms with E-state index >= 15 is 0 Å². The van der Waals surface area contributed by atoms with Crippen molar-refractivity contribution in [2.45, 2.75) is 52.4 Å². The van der Waals surface area contributed by atoms with Gasteiger partial charge in [0.2, 0.25) is 0 Å². The highest BCUT2D eigenvalue weighted by Crippen LogP contribution is 2.39. The van der Waals surface area contributed by atoms with Gasteiger partial charge in [0.25, 0.3) is 5.56 Å². The molecule has 1 N–H and O–H groups in total. The van der Waals surface area contributed by atoms with Crippen molar-refractivity contribution >= 4 is 5.65 Å². The van der Waals surface area contributed by atoms with E-state index in [1.165, 1.54) is 5.56 Å². The van der Waals surface area contributed by atoms with E-state index in [4.69, 9.17) is 9.72 Å². The number of hydrogen-bond acceptors (Lipinski definition) is 5. The summed E-state index contributed by atoms with van der Waals surface area (Å²) in [4.78, 5) is 19.6. The Morgan fingerprint density at radius 2 is 1.88 bits per heavy atom. The first-order valence-corrected chi connectivity index (χ1v) is 11.5. The van der Waals surface area contributed by atoms with E-state index in [2.05, 4.69) is 24.8 Å². The molecule has 1 saturated carbocycles. The first kappa shape index (κ1) is 21.2. The van der Waals surface area contributed by atoms with Crippen molar-refractivity contribution in [3.63, 3.8) is 0 Å². The number of nitrogens with zero attached hydrogens (tertiary/aromatic N) is 3. The Bertz CT molecular complexity index is 1200. The van der Waals surface area contributed by atoms with Crippen LogP contribution in [-0.2, 0) is 6.54 Å². The van der Waals surface area contributed by atoms with E-state index in [1.54, 1.807) is 10.5 Å². The van der Waals surface area contributed by atoms with Gasteiger partial charge in [-0.15, -0.1) is 0 Å². The molecule has 0 spiro atoms. The highest BCUT2D eigenvalue weighted by Gasteiger charge is 2.42. The van der Waals surface area contributed by atoms with Gasteiger partial charge in [0.1, 0.15) is 17.5 Å². The molecule has 2 aromatic heterocycles. The van der Waals surface area contributed by atoms with Crippen molar-refractivity contribution in [3.05, 3.63) is 75.3 Å². The minimum Gasteiger partial charge on any atom is -0.487 e. The zero-order valence-corrected chi connectivity index (χ0v) is 19.0. The molecule has 0 unspecified atom stereocenters. The molecule has 6 heteroatoms. The van der Waals surface area contributed by atoms with Gasteiger partial charge >= 0.3 is 0 Å². The minimum atomic E-state index is -0.456. The highest BCUT2D eigenvalue weighted by atomic mass is 16.5. The second-order valence-corrected chi connectivity index (χ2v) is 9.63. The molecule has 3 heterocycles. The maximum absolute atomic E-state index is 12.5. The monoisotopic (exact) mass is 433 g/mol. The average Bonchev–Trinajstić information content (AvgIpc) is 3.13. The van der Waals surface area contributed by atoms with Crippen LogP contribution in [0.4, 0.5) is 0 Å². The van der Waals surface area contributed by atoms with Crippen molar-refractivity contribution in [2.75, 3.05) is 13.1 Å². The molecule has 1 aliphatic heterocycles. The molecular weight excluding hydrogens is 402 g/mol. The van der Waals surface area contributed by atoms with Gasteiger partial charge in [-0.25, -0.2) is 4.98 Å². The lowest BCUT2D eigenvalue weighted by Gasteiger charge is -2.35. The number of aliphatic hydroxyl groups excluding tert-OH is 1. The molecule has 0 amide bonds. The van der Waals surface area contributed by atoms with Crippen molar-refractivity contribution < 1.29 is 9.84 Å². The van der Waals surface area contributed by atoms with E-state index < -0.39 is 6.10 Å². The lowest BCUT2D eigenvalue weighted by atomic mass is 9.78. The molecule has 168 valence electrons. The Kier molecular flexibility index (Phi) is 5.51. The Morgan fingerprint density at radius 1 is 1.09 bits per heavy atom. The van der Waals surface area contributed by atoms with Gasteiger partial charge in [-0.3, -0.25) is 14.1 Å². The number of aromatic nitrogens is 2. The normalized spacial score (nSPS) is 25.8. The number of fused-ring (bicyclic) bond motifs is 2. The minimum absolute atomic E-state index is 0.0391. The first-order valence-electron chi connectivity index (χ1n) is 11.5. The molecular formula is C26H31N3O3. The summed E-state index contributed by atoms with van der Waals surface area (Å²) in [6.07, 6.45) is 2.80. The average molecular weight is 434 g/mol. The summed E-state index contributed by atoms with van der Waals surface area (Å²) in [7, 11) is 0. The van der Waals surface area contributed by atoms with Crippen molar-refractivity contribution in [1.29, 1.82) is 0 Å². The third-order valence-electron chi connectivity index (χ3n) is 7.24. The van der Waals surface area contributed by atoms with Crippen molar-refractivity contribution in [2.24, 2.45) is 11.8 Å². The molecule has 1 aromatic carbocycles. The molecule has 6 nitrogen and oxygen atoms in total. The maximum Gasteiger partial charge on any atom is 0.258 e. The predicted molar refractivity (Wildman–Crippen MR) is 124 cm³/mol. The highest BCUT2D eigenvalue weighted by molar-refractivity contribution is 5.40. The summed E-state index contributed by atoms with van der Waals surface area (Å²) >= 11 is 0.